The Hall–Kier alpha value is -4.36. The van der Waals surface area contributed by atoms with Crippen molar-refractivity contribution in [2.45, 2.75) is 58.3 Å². The Bertz CT molecular complexity index is 1600. The number of hydrogen-bond acceptors (Lipinski definition) is 11. The lowest BCUT2D eigenvalue weighted by atomic mass is 9.96. The third-order valence-corrected chi connectivity index (χ3v) is 6.61. The van der Waals surface area contributed by atoms with Gasteiger partial charge >= 0.3 is 23.9 Å². The summed E-state index contributed by atoms with van der Waals surface area (Å²) in [7, 11) is 0. The summed E-state index contributed by atoms with van der Waals surface area (Å²) in [5, 5.41) is 0.262. The molecule has 12 nitrogen and oxygen atoms in total. The van der Waals surface area contributed by atoms with Crippen LogP contribution in [0.3, 0.4) is 0 Å². The van der Waals surface area contributed by atoms with E-state index >= 15 is 0 Å². The quantitative estimate of drug-likeness (QED) is 0.230. The number of benzene rings is 2. The maximum absolute atomic E-state index is 13.6. The van der Waals surface area contributed by atoms with E-state index in [1.807, 2.05) is 0 Å². The van der Waals surface area contributed by atoms with Crippen molar-refractivity contribution >= 4 is 47.0 Å². The van der Waals surface area contributed by atoms with Crippen molar-refractivity contribution in [1.29, 1.82) is 0 Å². The third-order valence-electron chi connectivity index (χ3n) is 6.23. The Balaban J connectivity index is 2.02. The fourth-order valence-corrected chi connectivity index (χ4v) is 5.14. The summed E-state index contributed by atoms with van der Waals surface area (Å²) in [6.45, 7) is 4.21. The number of hydrogen-bond donors (Lipinski definition) is 0. The first-order chi connectivity index (χ1) is 19.5. The molecule has 41 heavy (non-hydrogen) atoms. The number of nitrogens with zero attached hydrogens (tertiary/aromatic N) is 2. The average molecular weight is 585 g/mol. The summed E-state index contributed by atoms with van der Waals surface area (Å²) in [6, 6.07) is 15.3. The minimum Gasteiger partial charge on any atom is -0.463 e. The van der Waals surface area contributed by atoms with Crippen LogP contribution in [0.2, 0.25) is 0 Å². The maximum atomic E-state index is 13.6. The Morgan fingerprint density at radius 2 is 1.34 bits per heavy atom. The van der Waals surface area contributed by atoms with Crippen molar-refractivity contribution in [1.82, 2.24) is 9.13 Å². The van der Waals surface area contributed by atoms with Gasteiger partial charge in [0.15, 0.2) is 29.3 Å². The van der Waals surface area contributed by atoms with E-state index in [1.165, 1.54) is 16.1 Å². The van der Waals surface area contributed by atoms with Crippen molar-refractivity contribution in [2.75, 3.05) is 6.61 Å². The summed E-state index contributed by atoms with van der Waals surface area (Å²) in [6.07, 6.45) is -6.68. The number of para-hydroxylation sites is 2. The fraction of sp³-hybridized carbons (Fsp3) is 0.357. The summed E-state index contributed by atoms with van der Waals surface area (Å²) in [5.41, 5.74) is 0.391. The van der Waals surface area contributed by atoms with Crippen LogP contribution in [-0.4, -0.2) is 64.0 Å². The highest BCUT2D eigenvalue weighted by atomic mass is 32.1. The Labute approximate surface area is 239 Å². The van der Waals surface area contributed by atoms with Crippen molar-refractivity contribution in [3.8, 4) is 5.69 Å². The van der Waals surface area contributed by atoms with Crippen LogP contribution in [-0.2, 0) is 42.9 Å². The van der Waals surface area contributed by atoms with Crippen LogP contribution >= 0.6 is 12.2 Å². The monoisotopic (exact) mass is 584 g/mol. The molecule has 1 aliphatic rings. The van der Waals surface area contributed by atoms with E-state index in [0.717, 1.165) is 20.8 Å². The molecule has 0 spiro atoms. The molecule has 0 bridgehead atoms. The molecule has 2 heterocycles. The zero-order chi connectivity index (χ0) is 29.8. The second-order valence-electron chi connectivity index (χ2n) is 9.24. The zero-order valence-corrected chi connectivity index (χ0v) is 23.5. The molecular formula is C28H28N2O10S. The molecule has 0 N–H and O–H groups in total. The predicted octanol–water partition coefficient (Wildman–Crippen LogP) is 2.78. The highest BCUT2D eigenvalue weighted by Crippen LogP contribution is 2.36. The lowest BCUT2D eigenvalue weighted by Gasteiger charge is -2.45. The summed E-state index contributed by atoms with van der Waals surface area (Å²) >= 11 is 5.83. The van der Waals surface area contributed by atoms with E-state index in [1.54, 1.807) is 54.6 Å². The third kappa shape index (κ3) is 6.36. The van der Waals surface area contributed by atoms with Crippen molar-refractivity contribution in [3.63, 3.8) is 0 Å². The first-order valence-electron chi connectivity index (χ1n) is 12.6. The second-order valence-corrected chi connectivity index (χ2v) is 9.60. The van der Waals surface area contributed by atoms with Crippen molar-refractivity contribution in [2.24, 2.45) is 0 Å². The van der Waals surface area contributed by atoms with Crippen LogP contribution in [0.25, 0.3) is 16.6 Å². The van der Waals surface area contributed by atoms with Gasteiger partial charge in [0.25, 0.3) is 5.56 Å². The van der Waals surface area contributed by atoms with Crippen LogP contribution in [0, 0.1) is 4.77 Å². The van der Waals surface area contributed by atoms with E-state index in [4.69, 9.17) is 35.9 Å². The molecule has 0 aliphatic carbocycles. The molecule has 5 atom stereocenters. The first kappa shape index (κ1) is 29.6. The SMILES string of the molecule is CC(=O)OC[C@@H]1O[C@@H](n2c(=S)n(-c3ccccc3)c(=O)c3ccccc32)[C@@H](OC(C)=O)[C@@H](OC(C)=O)[C@H]1OC(C)=O. The number of carbonyl (C=O) groups excluding carboxylic acids is 4. The van der Waals surface area contributed by atoms with Gasteiger partial charge in [-0.25, -0.2) is 0 Å². The lowest BCUT2D eigenvalue weighted by molar-refractivity contribution is -0.268. The number of esters is 4. The number of carbonyl (C=O) groups is 4. The molecule has 0 radical (unpaired) electrons. The van der Waals surface area contributed by atoms with E-state index in [9.17, 15) is 24.0 Å². The highest BCUT2D eigenvalue weighted by molar-refractivity contribution is 7.71. The summed E-state index contributed by atoms with van der Waals surface area (Å²) in [4.78, 5) is 62.0. The average Bonchev–Trinajstić information content (AvgIpc) is 2.90. The second kappa shape index (κ2) is 12.4. The molecule has 1 fully saturated rings. The maximum Gasteiger partial charge on any atom is 0.303 e. The minimum absolute atomic E-state index is 0.0270. The van der Waals surface area contributed by atoms with Gasteiger partial charge in [-0.3, -0.25) is 33.1 Å². The Morgan fingerprint density at radius 3 is 1.95 bits per heavy atom. The molecule has 0 amide bonds. The molecule has 1 saturated heterocycles. The molecule has 0 unspecified atom stereocenters. The largest absolute Gasteiger partial charge is 0.463 e. The fourth-order valence-electron chi connectivity index (χ4n) is 4.75. The number of rotatable bonds is 7. The van der Waals surface area contributed by atoms with Gasteiger partial charge in [0.2, 0.25) is 0 Å². The summed E-state index contributed by atoms with van der Waals surface area (Å²) in [5.74, 6) is -2.91. The van der Waals surface area contributed by atoms with Gasteiger partial charge in [-0.1, -0.05) is 30.3 Å². The lowest BCUT2D eigenvalue weighted by Crippen LogP contribution is -2.60. The van der Waals surface area contributed by atoms with E-state index < -0.39 is 66.7 Å². The molecule has 0 saturated carbocycles. The molecule has 13 heteroatoms. The minimum atomic E-state index is -1.41. The van der Waals surface area contributed by atoms with Gasteiger partial charge in [-0.05, 0) is 36.5 Å². The highest BCUT2D eigenvalue weighted by Gasteiger charge is 2.53. The number of ether oxygens (including phenoxy) is 5. The normalized spacial score (nSPS) is 22.0. The van der Waals surface area contributed by atoms with Crippen LogP contribution < -0.4 is 5.56 Å². The van der Waals surface area contributed by atoms with Gasteiger partial charge in [0, 0.05) is 27.7 Å². The Morgan fingerprint density at radius 1 is 0.780 bits per heavy atom. The van der Waals surface area contributed by atoms with E-state index in [2.05, 4.69) is 0 Å². The smallest absolute Gasteiger partial charge is 0.303 e. The molecule has 1 aromatic heterocycles. The summed E-state index contributed by atoms with van der Waals surface area (Å²) < 4.78 is 30.9. The standard InChI is InChI=1S/C28H28N2O10S/c1-15(31)36-14-22-23(37-16(2)32)24(38-17(3)33)25(39-18(4)34)27(40-22)30-21-13-9-8-12-20(21)26(35)29(28(30)41)19-10-6-5-7-11-19/h5-13,22-25,27H,14H2,1-4H3/t22-,23-,24-,25-,27+/m0/s1. The van der Waals surface area contributed by atoms with Gasteiger partial charge in [-0.15, -0.1) is 0 Å². The van der Waals surface area contributed by atoms with Gasteiger partial charge in [-0.2, -0.15) is 0 Å². The zero-order valence-electron chi connectivity index (χ0n) is 22.7. The number of aromatic nitrogens is 2. The van der Waals surface area contributed by atoms with Crippen LogP contribution in [0.1, 0.15) is 33.9 Å². The topological polar surface area (TPSA) is 141 Å². The van der Waals surface area contributed by atoms with Crippen LogP contribution in [0.4, 0.5) is 0 Å². The Kier molecular flexibility index (Phi) is 8.98. The predicted molar refractivity (Wildman–Crippen MR) is 146 cm³/mol. The van der Waals surface area contributed by atoms with E-state index in [0.29, 0.717) is 11.2 Å². The molecule has 216 valence electrons. The van der Waals surface area contributed by atoms with Gasteiger partial charge in [0.05, 0.1) is 16.6 Å². The van der Waals surface area contributed by atoms with Crippen LogP contribution in [0.15, 0.2) is 59.4 Å². The number of fused-ring (bicyclic) bond motifs is 1. The van der Waals surface area contributed by atoms with E-state index in [-0.39, 0.29) is 10.2 Å². The molecular weight excluding hydrogens is 556 g/mol. The van der Waals surface area contributed by atoms with Crippen molar-refractivity contribution < 1.29 is 42.9 Å². The van der Waals surface area contributed by atoms with Gasteiger partial charge in [0.1, 0.15) is 12.7 Å². The van der Waals surface area contributed by atoms with Crippen LogP contribution in [0.5, 0.6) is 0 Å². The van der Waals surface area contributed by atoms with Crippen molar-refractivity contribution in [3.05, 3.63) is 69.7 Å². The first-order valence-corrected chi connectivity index (χ1v) is 13.0. The van der Waals surface area contributed by atoms with Gasteiger partial charge < -0.3 is 23.7 Å². The molecule has 1 aliphatic heterocycles. The molecule has 4 rings (SSSR count). The molecule has 3 aromatic rings. The molecule has 2 aromatic carbocycles.